The third-order valence-electron chi connectivity index (χ3n) is 1.80. The molecule has 3 N–H and O–H groups in total. The Kier molecular flexibility index (Phi) is 3.66. The molecule has 1 aromatic rings. The van der Waals surface area contributed by atoms with Crippen LogP contribution < -0.4 is 10.5 Å². The molecule has 0 heterocycles. The number of nitrogens with one attached hydrogen (secondary N) is 1. The van der Waals surface area contributed by atoms with Gasteiger partial charge in [-0.25, -0.2) is 17.9 Å². The SMILES string of the molecule is CNC(=O)c1cc(S(N)(=O)=O)c(F)cc1Br. The van der Waals surface area contributed by atoms with Crippen LogP contribution in [-0.4, -0.2) is 21.4 Å². The largest absolute Gasteiger partial charge is 0.355 e. The van der Waals surface area contributed by atoms with E-state index in [1.807, 2.05) is 0 Å². The minimum absolute atomic E-state index is 0.00655. The van der Waals surface area contributed by atoms with Crippen LogP contribution in [0.15, 0.2) is 21.5 Å². The summed E-state index contributed by atoms with van der Waals surface area (Å²) in [5, 5.41) is 7.10. The number of sulfonamides is 1. The molecule has 0 radical (unpaired) electrons. The summed E-state index contributed by atoms with van der Waals surface area (Å²) in [6, 6.07) is 1.76. The van der Waals surface area contributed by atoms with Gasteiger partial charge in [0.15, 0.2) is 0 Å². The van der Waals surface area contributed by atoms with Gasteiger partial charge in [0, 0.05) is 11.5 Å². The molecule has 88 valence electrons. The molecule has 16 heavy (non-hydrogen) atoms. The van der Waals surface area contributed by atoms with E-state index in [2.05, 4.69) is 21.2 Å². The predicted molar refractivity (Wildman–Crippen MR) is 58.9 cm³/mol. The van der Waals surface area contributed by atoms with Crippen LogP contribution in [-0.2, 0) is 10.0 Å². The van der Waals surface area contributed by atoms with Crippen molar-refractivity contribution in [2.75, 3.05) is 7.05 Å². The van der Waals surface area contributed by atoms with Crippen molar-refractivity contribution in [3.63, 3.8) is 0 Å². The standard InChI is InChI=1S/C8H8BrFN2O3S/c1-12-8(13)4-2-7(16(11,14)15)6(10)3-5(4)9/h2-3H,1H3,(H,12,13)(H2,11,14,15). The first-order valence-corrected chi connectivity index (χ1v) is 6.35. The molecule has 0 aliphatic carbocycles. The number of hydrogen-bond acceptors (Lipinski definition) is 3. The lowest BCUT2D eigenvalue weighted by atomic mass is 10.2. The number of carbonyl (C=O) groups is 1. The van der Waals surface area contributed by atoms with Gasteiger partial charge in [0.1, 0.15) is 10.7 Å². The Balaban J connectivity index is 3.51. The average Bonchev–Trinajstić information content (AvgIpc) is 2.14. The van der Waals surface area contributed by atoms with Crippen molar-refractivity contribution in [1.29, 1.82) is 0 Å². The molecule has 1 rings (SSSR count). The first kappa shape index (κ1) is 13.1. The molecule has 8 heteroatoms. The van der Waals surface area contributed by atoms with E-state index in [0.29, 0.717) is 0 Å². The number of benzene rings is 1. The summed E-state index contributed by atoms with van der Waals surface area (Å²) >= 11 is 2.95. The smallest absolute Gasteiger partial charge is 0.252 e. The number of amides is 1. The molecule has 1 amide bonds. The minimum atomic E-state index is -4.19. The highest BCUT2D eigenvalue weighted by Gasteiger charge is 2.19. The van der Waals surface area contributed by atoms with Gasteiger partial charge in [0.25, 0.3) is 5.91 Å². The van der Waals surface area contributed by atoms with Crippen LogP contribution in [0.3, 0.4) is 0 Å². The Morgan fingerprint density at radius 3 is 2.50 bits per heavy atom. The van der Waals surface area contributed by atoms with Gasteiger partial charge in [-0.2, -0.15) is 0 Å². The summed E-state index contributed by atoms with van der Waals surface area (Å²) in [6.45, 7) is 0. The highest BCUT2D eigenvalue weighted by Crippen LogP contribution is 2.23. The zero-order valence-electron chi connectivity index (χ0n) is 8.12. The van der Waals surface area contributed by atoms with E-state index >= 15 is 0 Å². The summed E-state index contributed by atoms with van der Waals surface area (Å²) in [6.07, 6.45) is 0. The van der Waals surface area contributed by atoms with Crippen LogP contribution in [0.1, 0.15) is 10.4 Å². The quantitative estimate of drug-likeness (QED) is 0.838. The first-order chi connectivity index (χ1) is 7.27. The highest BCUT2D eigenvalue weighted by atomic mass is 79.9. The van der Waals surface area contributed by atoms with Crippen molar-refractivity contribution in [1.82, 2.24) is 5.32 Å². The molecule has 0 atom stereocenters. The van der Waals surface area contributed by atoms with Crippen LogP contribution in [0.25, 0.3) is 0 Å². The lowest BCUT2D eigenvalue weighted by molar-refractivity contribution is 0.0962. The summed E-state index contributed by atoms with van der Waals surface area (Å²) < 4.78 is 35.5. The fourth-order valence-electron chi connectivity index (χ4n) is 1.06. The molecule has 0 unspecified atom stereocenters. The lowest BCUT2D eigenvalue weighted by Crippen LogP contribution is -2.20. The van der Waals surface area contributed by atoms with Crippen molar-refractivity contribution in [3.05, 3.63) is 28.0 Å². The van der Waals surface area contributed by atoms with E-state index in [-0.39, 0.29) is 10.0 Å². The molecule has 0 saturated carbocycles. The summed E-state index contributed by atoms with van der Waals surface area (Å²) in [5.41, 5.74) is -0.00655. The monoisotopic (exact) mass is 310 g/mol. The molecule has 5 nitrogen and oxygen atoms in total. The molecule has 0 aliphatic heterocycles. The highest BCUT2D eigenvalue weighted by molar-refractivity contribution is 9.10. The van der Waals surface area contributed by atoms with E-state index in [1.54, 1.807) is 0 Å². The topological polar surface area (TPSA) is 89.3 Å². The van der Waals surface area contributed by atoms with Gasteiger partial charge in [-0.05, 0) is 28.1 Å². The first-order valence-electron chi connectivity index (χ1n) is 4.01. The summed E-state index contributed by atoms with van der Waals surface area (Å²) in [5.74, 6) is -1.56. The molecule has 0 aromatic heterocycles. The normalized spacial score (nSPS) is 11.2. The second-order valence-corrected chi connectivity index (χ2v) is 5.27. The Labute approximate surface area is 100 Å². The molecular formula is C8H8BrFN2O3S. The molecule has 0 saturated heterocycles. The number of nitrogens with two attached hydrogens (primary N) is 1. The van der Waals surface area contributed by atoms with Gasteiger partial charge in [-0.15, -0.1) is 0 Å². The zero-order chi connectivity index (χ0) is 12.5. The molecule has 0 bridgehead atoms. The molecule has 0 fully saturated rings. The van der Waals surface area contributed by atoms with E-state index in [0.717, 1.165) is 12.1 Å². The number of halogens is 2. The second-order valence-electron chi connectivity index (χ2n) is 2.89. The maximum absolute atomic E-state index is 13.3. The van der Waals surface area contributed by atoms with Crippen LogP contribution in [0.2, 0.25) is 0 Å². The van der Waals surface area contributed by atoms with E-state index in [1.165, 1.54) is 7.05 Å². The lowest BCUT2D eigenvalue weighted by Gasteiger charge is -2.06. The van der Waals surface area contributed by atoms with Gasteiger partial charge in [-0.1, -0.05) is 0 Å². The van der Waals surface area contributed by atoms with Gasteiger partial charge in [-0.3, -0.25) is 4.79 Å². The summed E-state index contributed by atoms with van der Waals surface area (Å²) in [4.78, 5) is 10.6. The van der Waals surface area contributed by atoms with Crippen molar-refractivity contribution < 1.29 is 17.6 Å². The maximum Gasteiger partial charge on any atom is 0.252 e. The third kappa shape index (κ3) is 2.57. The zero-order valence-corrected chi connectivity index (χ0v) is 10.5. The Morgan fingerprint density at radius 2 is 2.06 bits per heavy atom. The molecule has 0 aliphatic rings. The number of rotatable bonds is 2. The fraction of sp³-hybridized carbons (Fsp3) is 0.125. The Morgan fingerprint density at radius 1 is 1.50 bits per heavy atom. The average molecular weight is 311 g/mol. The van der Waals surface area contributed by atoms with Gasteiger partial charge in [0.2, 0.25) is 10.0 Å². The minimum Gasteiger partial charge on any atom is -0.355 e. The van der Waals surface area contributed by atoms with Gasteiger partial charge >= 0.3 is 0 Å². The van der Waals surface area contributed by atoms with Crippen molar-refractivity contribution in [2.45, 2.75) is 4.90 Å². The van der Waals surface area contributed by atoms with Crippen molar-refractivity contribution in [3.8, 4) is 0 Å². The van der Waals surface area contributed by atoms with Crippen molar-refractivity contribution >= 4 is 31.9 Å². The van der Waals surface area contributed by atoms with Crippen LogP contribution in [0.4, 0.5) is 4.39 Å². The summed E-state index contributed by atoms with van der Waals surface area (Å²) in [7, 11) is -2.82. The second kappa shape index (κ2) is 4.48. The van der Waals surface area contributed by atoms with Gasteiger partial charge in [0.05, 0.1) is 5.56 Å². The van der Waals surface area contributed by atoms with Crippen molar-refractivity contribution in [2.24, 2.45) is 5.14 Å². The third-order valence-corrected chi connectivity index (χ3v) is 3.38. The van der Waals surface area contributed by atoms with Crippen LogP contribution >= 0.6 is 15.9 Å². The van der Waals surface area contributed by atoms with E-state index in [9.17, 15) is 17.6 Å². The fourth-order valence-corrected chi connectivity index (χ4v) is 2.16. The number of hydrogen-bond donors (Lipinski definition) is 2. The van der Waals surface area contributed by atoms with Crippen LogP contribution in [0.5, 0.6) is 0 Å². The Hall–Kier alpha value is -0.990. The number of carbonyl (C=O) groups excluding carboxylic acids is 1. The van der Waals surface area contributed by atoms with Crippen LogP contribution in [0, 0.1) is 5.82 Å². The molecular weight excluding hydrogens is 303 g/mol. The Bertz CT molecular complexity index is 544. The van der Waals surface area contributed by atoms with E-state index in [4.69, 9.17) is 5.14 Å². The molecule has 1 aromatic carbocycles. The number of primary sulfonamides is 1. The molecule has 0 spiro atoms. The predicted octanol–water partition coefficient (Wildman–Crippen LogP) is 0.595. The van der Waals surface area contributed by atoms with Gasteiger partial charge < -0.3 is 5.32 Å². The maximum atomic E-state index is 13.3. The van der Waals surface area contributed by atoms with E-state index < -0.39 is 26.6 Å².